The van der Waals surface area contributed by atoms with E-state index in [0.717, 1.165) is 0 Å². The van der Waals surface area contributed by atoms with Crippen LogP contribution in [0.3, 0.4) is 0 Å². The molecule has 0 bridgehead atoms. The molecule has 0 radical (unpaired) electrons. The van der Waals surface area contributed by atoms with Crippen LogP contribution in [-0.4, -0.2) is 4.57 Å². The molecule has 0 saturated carbocycles. The maximum absolute atomic E-state index is 2.42. The molecule has 0 fully saturated rings. The lowest BCUT2D eigenvalue weighted by Crippen LogP contribution is -1.99. The molecule has 1 heteroatoms. The molecule has 0 atom stereocenters. The lowest BCUT2D eigenvalue weighted by molar-refractivity contribution is 1.10. The second-order valence-electron chi connectivity index (χ2n) is 7.85. The lowest BCUT2D eigenvalue weighted by Gasteiger charge is -2.14. The fourth-order valence-electron chi connectivity index (χ4n) is 4.58. The number of fused-ring (bicyclic) bond motifs is 2. The topological polar surface area (TPSA) is 4.93 Å². The van der Waals surface area contributed by atoms with Crippen LogP contribution < -0.4 is 0 Å². The second kappa shape index (κ2) is 7.30. The van der Waals surface area contributed by atoms with Crippen molar-refractivity contribution in [2.75, 3.05) is 0 Å². The molecule has 6 aromatic rings. The van der Waals surface area contributed by atoms with Crippen LogP contribution in [0.1, 0.15) is 0 Å². The summed E-state index contributed by atoms with van der Waals surface area (Å²) in [6.45, 7) is 0. The highest BCUT2D eigenvalue weighted by Crippen LogP contribution is 2.43. The van der Waals surface area contributed by atoms with Crippen molar-refractivity contribution in [3.8, 4) is 28.2 Å². The Kier molecular flexibility index (Phi) is 4.18. The van der Waals surface area contributed by atoms with Gasteiger partial charge in [-0.25, -0.2) is 0 Å². The molecule has 0 unspecified atom stereocenters. The molecule has 1 aromatic heterocycles. The van der Waals surface area contributed by atoms with Gasteiger partial charge in [-0.1, -0.05) is 103 Å². The molecule has 1 heterocycles. The average Bonchev–Trinajstić information content (AvgIpc) is 3.18. The molecule has 0 aliphatic carbocycles. The molecule has 0 aliphatic heterocycles. The van der Waals surface area contributed by atoms with Gasteiger partial charge in [0.2, 0.25) is 0 Å². The SMILES string of the molecule is c1ccc(-c2c3cc4ccccc4cc3c(-c3ccccc3)n2-c2ccccc2)cc1. The van der Waals surface area contributed by atoms with Crippen LogP contribution in [0, 0.1) is 0 Å². The van der Waals surface area contributed by atoms with Crippen LogP contribution in [-0.2, 0) is 0 Å². The number of hydrogen-bond donors (Lipinski definition) is 0. The van der Waals surface area contributed by atoms with E-state index in [4.69, 9.17) is 0 Å². The van der Waals surface area contributed by atoms with E-state index in [2.05, 4.69) is 132 Å². The maximum Gasteiger partial charge on any atom is 0.0613 e. The van der Waals surface area contributed by atoms with Gasteiger partial charge in [-0.15, -0.1) is 0 Å². The van der Waals surface area contributed by atoms with E-state index in [9.17, 15) is 0 Å². The minimum Gasteiger partial charge on any atom is -0.308 e. The van der Waals surface area contributed by atoms with Gasteiger partial charge >= 0.3 is 0 Å². The van der Waals surface area contributed by atoms with Crippen molar-refractivity contribution in [3.63, 3.8) is 0 Å². The molecule has 0 saturated heterocycles. The first-order chi connectivity index (χ1) is 15.4. The normalized spacial score (nSPS) is 11.2. The minimum atomic E-state index is 1.17. The van der Waals surface area contributed by atoms with E-state index in [1.165, 1.54) is 49.7 Å². The van der Waals surface area contributed by atoms with Gasteiger partial charge in [0.1, 0.15) is 0 Å². The van der Waals surface area contributed by atoms with E-state index in [-0.39, 0.29) is 0 Å². The highest BCUT2D eigenvalue weighted by atomic mass is 15.0. The smallest absolute Gasteiger partial charge is 0.0613 e. The number of benzene rings is 5. The summed E-state index contributed by atoms with van der Waals surface area (Å²) in [4.78, 5) is 0. The Hall–Kier alpha value is -4.10. The predicted octanol–water partition coefficient (Wildman–Crippen LogP) is 8.12. The summed E-state index contributed by atoms with van der Waals surface area (Å²) >= 11 is 0. The van der Waals surface area contributed by atoms with Crippen molar-refractivity contribution in [1.82, 2.24) is 4.57 Å². The van der Waals surface area contributed by atoms with Gasteiger partial charge in [0.05, 0.1) is 11.4 Å². The summed E-state index contributed by atoms with van der Waals surface area (Å²) in [6, 6.07) is 45.5. The van der Waals surface area contributed by atoms with E-state index in [1.54, 1.807) is 0 Å². The molecule has 0 N–H and O–H groups in total. The summed E-state index contributed by atoms with van der Waals surface area (Å²) in [5.74, 6) is 0. The Labute approximate surface area is 181 Å². The fourth-order valence-corrected chi connectivity index (χ4v) is 4.58. The average molecular weight is 396 g/mol. The zero-order chi connectivity index (χ0) is 20.6. The molecule has 1 nitrogen and oxygen atoms in total. The fraction of sp³-hybridized carbons (Fsp3) is 0. The number of rotatable bonds is 3. The first-order valence-electron chi connectivity index (χ1n) is 10.6. The third kappa shape index (κ3) is 2.94. The van der Waals surface area contributed by atoms with Crippen molar-refractivity contribution < 1.29 is 0 Å². The Morgan fingerprint density at radius 3 is 1.23 bits per heavy atom. The highest BCUT2D eigenvalue weighted by Gasteiger charge is 2.21. The molecule has 6 rings (SSSR count). The van der Waals surface area contributed by atoms with Crippen molar-refractivity contribution in [1.29, 1.82) is 0 Å². The molecule has 0 spiro atoms. The first kappa shape index (κ1) is 17.7. The third-order valence-corrected chi connectivity index (χ3v) is 5.95. The Bertz CT molecular complexity index is 1400. The van der Waals surface area contributed by atoms with E-state index >= 15 is 0 Å². The number of nitrogens with zero attached hydrogens (tertiary/aromatic N) is 1. The van der Waals surface area contributed by atoms with Crippen LogP contribution in [0.25, 0.3) is 49.7 Å². The van der Waals surface area contributed by atoms with Crippen LogP contribution >= 0.6 is 0 Å². The molecule has 5 aromatic carbocycles. The number of para-hydroxylation sites is 1. The lowest BCUT2D eigenvalue weighted by atomic mass is 10.0. The summed E-state index contributed by atoms with van der Waals surface area (Å²) in [7, 11) is 0. The van der Waals surface area contributed by atoms with Gasteiger partial charge in [0, 0.05) is 16.5 Å². The summed E-state index contributed by atoms with van der Waals surface area (Å²) in [5.41, 5.74) is 6.06. The molecule has 0 aliphatic rings. The number of aromatic nitrogens is 1. The predicted molar refractivity (Wildman–Crippen MR) is 132 cm³/mol. The van der Waals surface area contributed by atoms with Crippen molar-refractivity contribution in [2.24, 2.45) is 0 Å². The molecular formula is C30H21N. The summed E-state index contributed by atoms with van der Waals surface area (Å²) < 4.78 is 2.42. The quantitative estimate of drug-likeness (QED) is 0.285. The van der Waals surface area contributed by atoms with Gasteiger partial charge in [-0.3, -0.25) is 0 Å². The van der Waals surface area contributed by atoms with E-state index < -0.39 is 0 Å². The van der Waals surface area contributed by atoms with Crippen molar-refractivity contribution in [3.05, 3.63) is 127 Å². The third-order valence-electron chi connectivity index (χ3n) is 5.95. The Morgan fingerprint density at radius 1 is 0.387 bits per heavy atom. The zero-order valence-electron chi connectivity index (χ0n) is 17.1. The molecule has 0 amide bonds. The zero-order valence-corrected chi connectivity index (χ0v) is 17.1. The van der Waals surface area contributed by atoms with Crippen LogP contribution in [0.15, 0.2) is 127 Å². The van der Waals surface area contributed by atoms with E-state index in [1.807, 2.05) is 0 Å². The Morgan fingerprint density at radius 2 is 0.774 bits per heavy atom. The molecule has 31 heavy (non-hydrogen) atoms. The van der Waals surface area contributed by atoms with Crippen molar-refractivity contribution in [2.45, 2.75) is 0 Å². The second-order valence-corrected chi connectivity index (χ2v) is 7.85. The monoisotopic (exact) mass is 395 g/mol. The van der Waals surface area contributed by atoms with Gasteiger partial charge in [0.25, 0.3) is 0 Å². The molecular weight excluding hydrogens is 374 g/mol. The van der Waals surface area contributed by atoms with E-state index in [0.29, 0.717) is 0 Å². The maximum atomic E-state index is 2.42. The van der Waals surface area contributed by atoms with Crippen LogP contribution in [0.2, 0.25) is 0 Å². The van der Waals surface area contributed by atoms with Crippen molar-refractivity contribution >= 4 is 21.5 Å². The van der Waals surface area contributed by atoms with Crippen LogP contribution in [0.5, 0.6) is 0 Å². The first-order valence-corrected chi connectivity index (χ1v) is 10.6. The summed E-state index contributed by atoms with van der Waals surface area (Å²) in [5, 5.41) is 5.06. The standard InChI is InChI=1S/C30H21N/c1-4-12-22(13-5-1)29-27-20-24-16-10-11-17-25(24)21-28(27)30(23-14-6-2-7-15-23)31(29)26-18-8-3-9-19-26/h1-21H. The largest absolute Gasteiger partial charge is 0.308 e. The van der Waals surface area contributed by atoms with Gasteiger partial charge < -0.3 is 4.57 Å². The summed E-state index contributed by atoms with van der Waals surface area (Å²) in [6.07, 6.45) is 0. The van der Waals surface area contributed by atoms with Crippen LogP contribution in [0.4, 0.5) is 0 Å². The molecule has 146 valence electrons. The highest BCUT2D eigenvalue weighted by molar-refractivity contribution is 6.11. The Balaban J connectivity index is 1.85. The van der Waals surface area contributed by atoms with Gasteiger partial charge in [-0.2, -0.15) is 0 Å². The minimum absolute atomic E-state index is 1.17. The van der Waals surface area contributed by atoms with Gasteiger partial charge in [-0.05, 0) is 46.2 Å². The van der Waals surface area contributed by atoms with Gasteiger partial charge in [0.15, 0.2) is 0 Å². The number of hydrogen-bond acceptors (Lipinski definition) is 0.